The first kappa shape index (κ1) is 12.0. The molecule has 0 aliphatic rings. The van der Waals surface area contributed by atoms with Gasteiger partial charge >= 0.3 is 12.0 Å². The zero-order valence-electron chi connectivity index (χ0n) is 10.4. The molecule has 0 unspecified atom stereocenters. The number of hydrogen-bond donors (Lipinski definition) is 2. The van der Waals surface area contributed by atoms with Crippen LogP contribution in [-0.4, -0.2) is 39.3 Å². The number of nitrogens with zero attached hydrogens (tertiary/aromatic N) is 8. The van der Waals surface area contributed by atoms with Crippen molar-refractivity contribution in [1.29, 1.82) is 0 Å². The van der Waals surface area contributed by atoms with Gasteiger partial charge in [-0.25, -0.2) is 10.8 Å². The maximum Gasteiger partial charge on any atom is 0.343 e. The molecule has 102 valence electrons. The van der Waals surface area contributed by atoms with Crippen LogP contribution < -0.4 is 16.0 Å². The van der Waals surface area contributed by atoms with Crippen molar-refractivity contribution >= 4 is 5.95 Å². The van der Waals surface area contributed by atoms with Gasteiger partial charge in [-0.3, -0.25) is 14.7 Å². The summed E-state index contributed by atoms with van der Waals surface area (Å²) in [7, 11) is 1.72. The van der Waals surface area contributed by atoms with E-state index >= 15 is 0 Å². The maximum atomic E-state index is 5.35. The molecule has 0 fully saturated rings. The van der Waals surface area contributed by atoms with E-state index in [4.69, 9.17) is 10.6 Å². The second kappa shape index (κ2) is 4.89. The van der Waals surface area contributed by atoms with Crippen LogP contribution in [0.4, 0.5) is 5.95 Å². The Bertz CT molecular complexity index is 705. The normalized spacial score (nSPS) is 10.5. The quantitative estimate of drug-likeness (QED) is 0.466. The molecule has 0 amide bonds. The zero-order valence-corrected chi connectivity index (χ0v) is 10.4. The number of nitrogens with two attached hydrogens (primary N) is 1. The Balaban J connectivity index is 1.96. The minimum atomic E-state index is 0.0165. The van der Waals surface area contributed by atoms with Crippen LogP contribution in [0.5, 0.6) is 12.0 Å². The molecule has 20 heavy (non-hydrogen) atoms. The van der Waals surface area contributed by atoms with Gasteiger partial charge in [0.1, 0.15) is 12.7 Å². The van der Waals surface area contributed by atoms with Gasteiger partial charge in [-0.2, -0.15) is 19.9 Å². The Labute approximate surface area is 112 Å². The van der Waals surface area contributed by atoms with Crippen molar-refractivity contribution in [1.82, 2.24) is 39.3 Å². The fourth-order valence-electron chi connectivity index (χ4n) is 1.40. The number of anilines is 1. The first-order valence-electron chi connectivity index (χ1n) is 5.49. The van der Waals surface area contributed by atoms with Crippen LogP contribution in [0.3, 0.4) is 0 Å². The van der Waals surface area contributed by atoms with Gasteiger partial charge in [0.25, 0.3) is 0 Å². The molecular formula is C9H10N10O. The topological polar surface area (TPSA) is 134 Å². The molecule has 0 atom stereocenters. The highest BCUT2D eigenvalue weighted by molar-refractivity contribution is 5.29. The Morgan fingerprint density at radius 3 is 2.75 bits per heavy atom. The lowest BCUT2D eigenvalue weighted by atomic mass is 10.8. The third-order valence-corrected chi connectivity index (χ3v) is 2.23. The van der Waals surface area contributed by atoms with Crippen molar-refractivity contribution in [2.75, 3.05) is 5.43 Å². The number of hydrogen-bond acceptors (Lipinski definition) is 9. The van der Waals surface area contributed by atoms with Crippen molar-refractivity contribution in [2.24, 2.45) is 12.9 Å². The summed E-state index contributed by atoms with van der Waals surface area (Å²) in [5.41, 5.74) is 2.34. The van der Waals surface area contributed by atoms with E-state index in [9.17, 15) is 0 Å². The van der Waals surface area contributed by atoms with E-state index in [2.05, 4.69) is 35.4 Å². The molecule has 0 saturated heterocycles. The predicted molar refractivity (Wildman–Crippen MR) is 65.8 cm³/mol. The van der Waals surface area contributed by atoms with Gasteiger partial charge in [-0.05, 0) is 0 Å². The average Bonchev–Trinajstić information content (AvgIpc) is 3.10. The van der Waals surface area contributed by atoms with Gasteiger partial charge in [0.05, 0.1) is 0 Å². The highest BCUT2D eigenvalue weighted by Crippen LogP contribution is 2.15. The van der Waals surface area contributed by atoms with Crippen LogP contribution in [-0.2, 0) is 7.05 Å². The number of hydrazine groups is 1. The van der Waals surface area contributed by atoms with Crippen LogP contribution >= 0.6 is 0 Å². The third kappa shape index (κ3) is 2.37. The lowest BCUT2D eigenvalue weighted by Crippen LogP contribution is -2.14. The number of nitrogen functional groups attached to an aromatic ring is 1. The van der Waals surface area contributed by atoms with Crippen molar-refractivity contribution < 1.29 is 4.74 Å². The van der Waals surface area contributed by atoms with Crippen LogP contribution in [0.2, 0.25) is 0 Å². The van der Waals surface area contributed by atoms with E-state index in [1.165, 1.54) is 11.0 Å². The number of rotatable bonds is 4. The molecule has 3 heterocycles. The molecule has 11 nitrogen and oxygen atoms in total. The molecular weight excluding hydrogens is 264 g/mol. The summed E-state index contributed by atoms with van der Waals surface area (Å²) >= 11 is 0. The summed E-state index contributed by atoms with van der Waals surface area (Å²) in [6.45, 7) is 0. The second-order valence-corrected chi connectivity index (χ2v) is 3.66. The van der Waals surface area contributed by atoms with E-state index in [1.807, 2.05) is 0 Å². The Morgan fingerprint density at radius 2 is 2.10 bits per heavy atom. The average molecular weight is 274 g/mol. The third-order valence-electron chi connectivity index (χ3n) is 2.23. The van der Waals surface area contributed by atoms with Gasteiger partial charge in [0, 0.05) is 19.4 Å². The van der Waals surface area contributed by atoms with Crippen LogP contribution in [0, 0.1) is 0 Å². The first-order chi connectivity index (χ1) is 9.74. The molecule has 3 aromatic heterocycles. The second-order valence-electron chi connectivity index (χ2n) is 3.66. The van der Waals surface area contributed by atoms with Crippen LogP contribution in [0.1, 0.15) is 0 Å². The lowest BCUT2D eigenvalue weighted by Gasteiger charge is -2.05. The maximum absolute atomic E-state index is 5.35. The molecule has 3 N–H and O–H groups in total. The predicted octanol–water partition coefficient (Wildman–Crippen LogP) is -0.736. The molecule has 0 saturated carbocycles. The fourth-order valence-corrected chi connectivity index (χ4v) is 1.40. The molecule has 11 heteroatoms. The minimum absolute atomic E-state index is 0.0165. The van der Waals surface area contributed by atoms with E-state index in [0.29, 0.717) is 5.95 Å². The molecule has 3 rings (SSSR count). The minimum Gasteiger partial charge on any atom is -0.387 e. The fraction of sp³-hybridized carbons (Fsp3) is 0.111. The number of aryl methyl sites for hydroxylation is 1. The zero-order chi connectivity index (χ0) is 13.9. The largest absolute Gasteiger partial charge is 0.387 e. The summed E-state index contributed by atoms with van der Waals surface area (Å²) in [4.78, 5) is 20.0. The summed E-state index contributed by atoms with van der Waals surface area (Å²) < 4.78 is 8.43. The first-order valence-corrected chi connectivity index (χ1v) is 5.49. The smallest absolute Gasteiger partial charge is 0.343 e. The monoisotopic (exact) mass is 274 g/mol. The number of nitrogens with one attached hydrogen (secondary N) is 1. The van der Waals surface area contributed by atoms with Crippen LogP contribution in [0.15, 0.2) is 25.0 Å². The van der Waals surface area contributed by atoms with Gasteiger partial charge in [0.2, 0.25) is 11.9 Å². The van der Waals surface area contributed by atoms with Crippen molar-refractivity contribution in [3.05, 3.63) is 25.0 Å². The van der Waals surface area contributed by atoms with E-state index < -0.39 is 0 Å². The van der Waals surface area contributed by atoms with Crippen LogP contribution in [0.25, 0.3) is 5.95 Å². The molecule has 0 aliphatic carbocycles. The van der Waals surface area contributed by atoms with E-state index in [-0.39, 0.29) is 18.0 Å². The number of ether oxygens (including phenoxy) is 1. The molecule has 0 radical (unpaired) electrons. The Hall–Kier alpha value is -3.08. The molecule has 0 bridgehead atoms. The number of aromatic nitrogens is 8. The Kier molecular flexibility index (Phi) is 2.93. The highest BCUT2D eigenvalue weighted by atomic mass is 16.5. The lowest BCUT2D eigenvalue weighted by molar-refractivity contribution is 0.403. The summed E-state index contributed by atoms with van der Waals surface area (Å²) in [6, 6.07) is 0.140. The molecule has 0 aliphatic heterocycles. The van der Waals surface area contributed by atoms with Gasteiger partial charge in [0.15, 0.2) is 0 Å². The van der Waals surface area contributed by atoms with E-state index in [0.717, 1.165) is 0 Å². The van der Waals surface area contributed by atoms with Crippen molar-refractivity contribution in [3.8, 4) is 18.0 Å². The van der Waals surface area contributed by atoms with Gasteiger partial charge in [-0.1, -0.05) is 0 Å². The SMILES string of the molecule is Cn1cnc(Oc2nc(NN)nc(-n3ccnc3)n2)n1. The van der Waals surface area contributed by atoms with E-state index in [1.54, 1.807) is 30.3 Å². The van der Waals surface area contributed by atoms with Crippen molar-refractivity contribution in [2.45, 2.75) is 0 Å². The summed E-state index contributed by atoms with van der Waals surface area (Å²) in [6.07, 6.45) is 6.31. The molecule has 3 aromatic rings. The molecule has 0 spiro atoms. The van der Waals surface area contributed by atoms with Crippen molar-refractivity contribution in [3.63, 3.8) is 0 Å². The van der Waals surface area contributed by atoms with Gasteiger partial charge < -0.3 is 4.74 Å². The summed E-state index contributed by atoms with van der Waals surface area (Å²) in [5.74, 6) is 5.77. The Morgan fingerprint density at radius 1 is 1.20 bits per heavy atom. The number of imidazole rings is 1. The highest BCUT2D eigenvalue weighted by Gasteiger charge is 2.11. The molecule has 0 aromatic carbocycles. The summed E-state index contributed by atoms with van der Waals surface area (Å²) in [5, 5.41) is 3.97. The standard InChI is InChI=1S/C9H10N10O/c1-18-5-12-8(17-18)20-9-14-6(16-10)13-7(15-9)19-3-2-11-4-19/h2-5H,10H2,1H3,(H,13,14,15,16). The van der Waals surface area contributed by atoms with Gasteiger partial charge in [-0.15, -0.1) is 5.10 Å².